The van der Waals surface area contributed by atoms with E-state index in [1.54, 1.807) is 6.26 Å². The highest BCUT2D eigenvalue weighted by molar-refractivity contribution is 6.30. The largest absolute Gasteiger partial charge is 0.489 e. The second-order valence-electron chi connectivity index (χ2n) is 5.12. The van der Waals surface area contributed by atoms with Crippen molar-refractivity contribution in [1.29, 1.82) is 0 Å². The molecule has 1 aromatic carbocycles. The minimum atomic E-state index is 0.0140. The van der Waals surface area contributed by atoms with Crippen LogP contribution in [0, 0.1) is 0 Å². The number of halogens is 1. The molecule has 21 heavy (non-hydrogen) atoms. The molecule has 0 amide bonds. The van der Waals surface area contributed by atoms with Crippen LogP contribution in [-0.2, 0) is 6.42 Å². The van der Waals surface area contributed by atoms with Crippen molar-refractivity contribution in [2.75, 3.05) is 6.54 Å². The average molecular weight is 308 g/mol. The van der Waals surface area contributed by atoms with Crippen LogP contribution >= 0.6 is 11.6 Å². The van der Waals surface area contributed by atoms with E-state index in [2.05, 4.69) is 19.2 Å². The number of furan rings is 1. The van der Waals surface area contributed by atoms with Crippen molar-refractivity contribution in [3.8, 4) is 5.75 Å². The maximum Gasteiger partial charge on any atom is 0.121 e. The van der Waals surface area contributed by atoms with Crippen molar-refractivity contribution < 1.29 is 9.15 Å². The summed E-state index contributed by atoms with van der Waals surface area (Å²) in [4.78, 5) is 0. The van der Waals surface area contributed by atoms with Crippen molar-refractivity contribution in [1.82, 2.24) is 5.32 Å². The first-order valence-corrected chi connectivity index (χ1v) is 7.75. The summed E-state index contributed by atoms with van der Waals surface area (Å²) >= 11 is 6.00. The van der Waals surface area contributed by atoms with Crippen LogP contribution in [0.3, 0.4) is 0 Å². The predicted molar refractivity (Wildman–Crippen MR) is 86.0 cm³/mol. The van der Waals surface area contributed by atoms with Crippen LogP contribution in [-0.4, -0.2) is 18.7 Å². The van der Waals surface area contributed by atoms with Crippen molar-refractivity contribution in [2.45, 2.75) is 38.8 Å². The van der Waals surface area contributed by atoms with Gasteiger partial charge in [-0.3, -0.25) is 0 Å². The van der Waals surface area contributed by atoms with Crippen LogP contribution in [0.25, 0.3) is 0 Å². The molecule has 2 aromatic rings. The summed E-state index contributed by atoms with van der Waals surface area (Å²) in [6.45, 7) is 5.17. The lowest BCUT2D eigenvalue weighted by molar-refractivity contribution is 0.165. The Labute approximate surface area is 131 Å². The SMILES string of the molecule is CCCNC(Cc1ccco1)C(C)Oc1cccc(Cl)c1. The zero-order valence-corrected chi connectivity index (χ0v) is 13.3. The average Bonchev–Trinajstić information content (AvgIpc) is 2.96. The molecule has 114 valence electrons. The van der Waals surface area contributed by atoms with Crippen molar-refractivity contribution in [3.05, 3.63) is 53.4 Å². The number of hydrogen-bond donors (Lipinski definition) is 1. The molecular weight excluding hydrogens is 286 g/mol. The quantitative estimate of drug-likeness (QED) is 0.789. The summed E-state index contributed by atoms with van der Waals surface area (Å²) in [5, 5.41) is 4.21. The van der Waals surface area contributed by atoms with Crippen molar-refractivity contribution >= 4 is 11.6 Å². The molecule has 4 heteroatoms. The summed E-state index contributed by atoms with van der Waals surface area (Å²) < 4.78 is 11.5. The van der Waals surface area contributed by atoms with Gasteiger partial charge in [0.25, 0.3) is 0 Å². The zero-order valence-electron chi connectivity index (χ0n) is 12.5. The highest BCUT2D eigenvalue weighted by atomic mass is 35.5. The molecule has 1 heterocycles. The van der Waals surface area contributed by atoms with Crippen LogP contribution in [0.5, 0.6) is 5.75 Å². The second kappa shape index (κ2) is 8.11. The van der Waals surface area contributed by atoms with Crippen molar-refractivity contribution in [3.63, 3.8) is 0 Å². The maximum absolute atomic E-state index is 6.01. The molecule has 0 saturated heterocycles. The summed E-state index contributed by atoms with van der Waals surface area (Å²) in [5.41, 5.74) is 0. The monoisotopic (exact) mass is 307 g/mol. The molecule has 1 N–H and O–H groups in total. The lowest BCUT2D eigenvalue weighted by Gasteiger charge is -2.25. The molecular formula is C17H22ClNO2. The van der Waals surface area contributed by atoms with Crippen molar-refractivity contribution in [2.24, 2.45) is 0 Å². The van der Waals surface area contributed by atoms with E-state index in [1.807, 2.05) is 36.4 Å². The Kier molecular flexibility index (Phi) is 6.15. The maximum atomic E-state index is 6.01. The summed E-state index contributed by atoms with van der Waals surface area (Å²) in [6.07, 6.45) is 3.60. The molecule has 0 spiro atoms. The second-order valence-corrected chi connectivity index (χ2v) is 5.56. The normalized spacial score (nSPS) is 13.9. The van der Waals surface area contributed by atoms with E-state index in [9.17, 15) is 0 Å². The molecule has 0 fully saturated rings. The van der Waals surface area contributed by atoms with Gasteiger partial charge in [-0.15, -0.1) is 0 Å². The summed E-state index contributed by atoms with van der Waals surface area (Å²) in [5.74, 6) is 1.75. The van der Waals surface area contributed by atoms with Gasteiger partial charge in [-0.2, -0.15) is 0 Å². The smallest absolute Gasteiger partial charge is 0.121 e. The van der Waals surface area contributed by atoms with Crippen LogP contribution in [0.15, 0.2) is 47.1 Å². The molecule has 0 aliphatic carbocycles. The van der Waals surface area contributed by atoms with E-state index in [1.165, 1.54) is 0 Å². The first-order chi connectivity index (χ1) is 10.2. The third-order valence-electron chi connectivity index (χ3n) is 3.34. The van der Waals surface area contributed by atoms with Gasteiger partial charge < -0.3 is 14.5 Å². The van der Waals surface area contributed by atoms with E-state index < -0.39 is 0 Å². The molecule has 0 aliphatic heterocycles. The van der Waals surface area contributed by atoms with Crippen LogP contribution < -0.4 is 10.1 Å². The van der Waals surface area contributed by atoms with Gasteiger partial charge in [0.05, 0.1) is 12.3 Å². The van der Waals surface area contributed by atoms with Crippen LogP contribution in [0.2, 0.25) is 5.02 Å². The number of ether oxygens (including phenoxy) is 1. The molecule has 0 saturated carbocycles. The van der Waals surface area contributed by atoms with E-state index in [0.29, 0.717) is 5.02 Å². The van der Waals surface area contributed by atoms with E-state index in [4.69, 9.17) is 20.8 Å². The molecule has 3 nitrogen and oxygen atoms in total. The zero-order chi connectivity index (χ0) is 15.1. The standard InChI is InChI=1S/C17H22ClNO2/c1-3-9-19-17(12-15-8-5-10-20-15)13(2)21-16-7-4-6-14(18)11-16/h4-8,10-11,13,17,19H,3,9,12H2,1-2H3. The first-order valence-electron chi connectivity index (χ1n) is 7.37. The van der Waals surface area contributed by atoms with E-state index in [0.717, 1.165) is 30.9 Å². The fraction of sp³-hybridized carbons (Fsp3) is 0.412. The fourth-order valence-electron chi connectivity index (χ4n) is 2.22. The Morgan fingerprint density at radius 3 is 2.81 bits per heavy atom. The van der Waals surface area contributed by atoms with Gasteiger partial charge in [-0.05, 0) is 50.2 Å². The molecule has 0 radical (unpaired) electrons. The Morgan fingerprint density at radius 2 is 2.14 bits per heavy atom. The van der Waals surface area contributed by atoms with Gasteiger partial charge in [-0.25, -0.2) is 0 Å². The fourth-order valence-corrected chi connectivity index (χ4v) is 2.40. The molecule has 0 aliphatic rings. The lowest BCUT2D eigenvalue weighted by atomic mass is 10.1. The van der Waals surface area contributed by atoms with Gasteiger partial charge in [-0.1, -0.05) is 24.6 Å². The number of benzene rings is 1. The first kappa shape index (κ1) is 15.9. The molecule has 1 aromatic heterocycles. The van der Waals surface area contributed by atoms with Gasteiger partial charge in [0, 0.05) is 11.4 Å². The highest BCUT2D eigenvalue weighted by Crippen LogP contribution is 2.20. The predicted octanol–water partition coefficient (Wildman–Crippen LogP) is 4.31. The van der Waals surface area contributed by atoms with Gasteiger partial charge >= 0.3 is 0 Å². The van der Waals surface area contributed by atoms with Gasteiger partial charge in [0.2, 0.25) is 0 Å². The topological polar surface area (TPSA) is 34.4 Å². The number of nitrogens with one attached hydrogen (secondary N) is 1. The number of rotatable bonds is 8. The van der Waals surface area contributed by atoms with Crippen LogP contribution in [0.1, 0.15) is 26.0 Å². The summed E-state index contributed by atoms with van der Waals surface area (Å²) in [6, 6.07) is 11.6. The van der Waals surface area contributed by atoms with Crippen LogP contribution in [0.4, 0.5) is 0 Å². The van der Waals surface area contributed by atoms with Gasteiger partial charge in [0.1, 0.15) is 17.6 Å². The molecule has 2 rings (SSSR count). The Hall–Kier alpha value is -1.45. The van der Waals surface area contributed by atoms with Gasteiger partial charge in [0.15, 0.2) is 0 Å². The number of hydrogen-bond acceptors (Lipinski definition) is 3. The molecule has 0 bridgehead atoms. The van der Waals surface area contributed by atoms with E-state index >= 15 is 0 Å². The molecule has 2 atom stereocenters. The highest BCUT2D eigenvalue weighted by Gasteiger charge is 2.20. The van der Waals surface area contributed by atoms with E-state index in [-0.39, 0.29) is 12.1 Å². The Balaban J connectivity index is 2.00. The summed E-state index contributed by atoms with van der Waals surface area (Å²) in [7, 11) is 0. The minimum absolute atomic E-state index is 0.0140. The molecule has 2 unspecified atom stereocenters. The minimum Gasteiger partial charge on any atom is -0.489 e. The Bertz CT molecular complexity index is 527. The third-order valence-corrected chi connectivity index (χ3v) is 3.58. The third kappa shape index (κ3) is 5.10. The lowest BCUT2D eigenvalue weighted by Crippen LogP contribution is -2.43. The Morgan fingerprint density at radius 1 is 1.29 bits per heavy atom.